The Hall–Kier alpha value is -1.18. The van der Waals surface area contributed by atoms with Crippen molar-refractivity contribution in [3.63, 3.8) is 0 Å². The Morgan fingerprint density at radius 3 is 2.85 bits per heavy atom. The Labute approximate surface area is 88.1 Å². The van der Waals surface area contributed by atoms with Crippen LogP contribution < -0.4 is 5.73 Å². The van der Waals surface area contributed by atoms with Crippen molar-refractivity contribution >= 4 is 28.5 Å². The normalized spacial score (nSPS) is 10.2. The number of hydrogen-bond acceptors (Lipinski definition) is 4. The maximum atomic E-state index is 5.55. The summed E-state index contributed by atoms with van der Waals surface area (Å²) in [7, 11) is 0. The lowest BCUT2D eigenvalue weighted by molar-refractivity contribution is 0.791. The standard InChI is InChI=1S/C7H6IN5/c8-5-2-1-3-6(4-5)13-7(9)10-11-12-13/h1-4H,(H2,9,10,12). The third kappa shape index (κ3) is 1.62. The average molecular weight is 287 g/mol. The minimum Gasteiger partial charge on any atom is -0.366 e. The fourth-order valence-electron chi connectivity index (χ4n) is 0.986. The summed E-state index contributed by atoms with van der Waals surface area (Å²) < 4.78 is 2.60. The van der Waals surface area contributed by atoms with Crippen LogP contribution in [0.3, 0.4) is 0 Å². The third-order valence-corrected chi connectivity index (χ3v) is 2.22. The van der Waals surface area contributed by atoms with Gasteiger partial charge in [0.15, 0.2) is 0 Å². The van der Waals surface area contributed by atoms with Crippen molar-refractivity contribution in [2.45, 2.75) is 0 Å². The average Bonchev–Trinajstić information content (AvgIpc) is 2.51. The topological polar surface area (TPSA) is 69.6 Å². The smallest absolute Gasteiger partial charge is 0.245 e. The van der Waals surface area contributed by atoms with Crippen LogP contribution in [0.1, 0.15) is 0 Å². The monoisotopic (exact) mass is 287 g/mol. The van der Waals surface area contributed by atoms with Crippen molar-refractivity contribution in [2.75, 3.05) is 5.73 Å². The summed E-state index contributed by atoms with van der Waals surface area (Å²) in [5.41, 5.74) is 6.42. The predicted octanol–water partition coefficient (Wildman–Crippen LogP) is 0.849. The van der Waals surface area contributed by atoms with Gasteiger partial charge in [-0.15, -0.1) is 0 Å². The van der Waals surface area contributed by atoms with E-state index in [2.05, 4.69) is 38.1 Å². The molecule has 0 aliphatic carbocycles. The van der Waals surface area contributed by atoms with E-state index in [1.807, 2.05) is 24.3 Å². The molecule has 2 rings (SSSR count). The van der Waals surface area contributed by atoms with Crippen LogP contribution >= 0.6 is 22.6 Å². The summed E-state index contributed by atoms with van der Waals surface area (Å²) in [5, 5.41) is 10.8. The zero-order valence-corrected chi connectivity index (χ0v) is 8.71. The highest BCUT2D eigenvalue weighted by atomic mass is 127. The van der Waals surface area contributed by atoms with E-state index in [9.17, 15) is 0 Å². The fourth-order valence-corrected chi connectivity index (χ4v) is 1.51. The Kier molecular flexibility index (Phi) is 2.13. The van der Waals surface area contributed by atoms with Gasteiger partial charge in [0, 0.05) is 3.57 Å². The van der Waals surface area contributed by atoms with E-state index in [1.54, 1.807) is 0 Å². The molecule has 0 amide bonds. The van der Waals surface area contributed by atoms with Crippen molar-refractivity contribution in [3.05, 3.63) is 27.8 Å². The molecule has 5 nitrogen and oxygen atoms in total. The maximum absolute atomic E-state index is 5.55. The first-order chi connectivity index (χ1) is 6.27. The number of nitrogens with zero attached hydrogens (tertiary/aromatic N) is 4. The van der Waals surface area contributed by atoms with E-state index < -0.39 is 0 Å². The molecule has 0 atom stereocenters. The molecule has 0 unspecified atom stereocenters. The molecule has 1 heterocycles. The van der Waals surface area contributed by atoms with Gasteiger partial charge in [-0.1, -0.05) is 11.2 Å². The van der Waals surface area contributed by atoms with Gasteiger partial charge in [-0.25, -0.2) is 0 Å². The van der Waals surface area contributed by atoms with Crippen molar-refractivity contribution in [2.24, 2.45) is 0 Å². The first kappa shape index (κ1) is 8.42. The van der Waals surface area contributed by atoms with E-state index >= 15 is 0 Å². The number of hydrogen-bond donors (Lipinski definition) is 1. The molecule has 13 heavy (non-hydrogen) atoms. The summed E-state index contributed by atoms with van der Waals surface area (Å²) in [6.07, 6.45) is 0. The molecular weight excluding hydrogens is 281 g/mol. The van der Waals surface area contributed by atoms with Crippen LogP contribution in [-0.4, -0.2) is 20.2 Å². The Morgan fingerprint density at radius 2 is 2.23 bits per heavy atom. The molecule has 0 spiro atoms. The lowest BCUT2D eigenvalue weighted by atomic mass is 10.3. The van der Waals surface area contributed by atoms with E-state index in [-0.39, 0.29) is 0 Å². The molecule has 0 bridgehead atoms. The maximum Gasteiger partial charge on any atom is 0.245 e. The van der Waals surface area contributed by atoms with Gasteiger partial charge in [-0.3, -0.25) is 0 Å². The van der Waals surface area contributed by atoms with E-state index in [0.717, 1.165) is 9.26 Å². The number of aromatic nitrogens is 4. The number of anilines is 1. The minimum atomic E-state index is 0.294. The molecule has 1 aromatic carbocycles. The van der Waals surface area contributed by atoms with Crippen LogP contribution in [0.4, 0.5) is 5.95 Å². The highest BCUT2D eigenvalue weighted by Gasteiger charge is 2.03. The zero-order chi connectivity index (χ0) is 9.26. The molecule has 0 saturated heterocycles. The quantitative estimate of drug-likeness (QED) is 0.789. The third-order valence-electron chi connectivity index (χ3n) is 1.55. The van der Waals surface area contributed by atoms with Gasteiger partial charge < -0.3 is 5.73 Å². The Bertz CT molecular complexity index is 424. The van der Waals surface area contributed by atoms with Gasteiger partial charge in [0.2, 0.25) is 5.95 Å². The summed E-state index contributed by atoms with van der Waals surface area (Å²) in [5.74, 6) is 0.294. The van der Waals surface area contributed by atoms with Crippen molar-refractivity contribution in [1.29, 1.82) is 0 Å². The lowest BCUT2D eigenvalue weighted by Crippen LogP contribution is -2.02. The van der Waals surface area contributed by atoms with Gasteiger partial charge in [-0.05, 0) is 51.2 Å². The summed E-state index contributed by atoms with van der Waals surface area (Å²) in [4.78, 5) is 0. The summed E-state index contributed by atoms with van der Waals surface area (Å²) >= 11 is 2.22. The summed E-state index contributed by atoms with van der Waals surface area (Å²) in [6.45, 7) is 0. The van der Waals surface area contributed by atoms with Crippen LogP contribution in [0.5, 0.6) is 0 Å². The van der Waals surface area contributed by atoms with Crippen LogP contribution in [0, 0.1) is 3.57 Å². The Morgan fingerprint density at radius 1 is 1.38 bits per heavy atom. The first-order valence-corrected chi connectivity index (χ1v) is 4.65. The van der Waals surface area contributed by atoms with Crippen LogP contribution in [0.25, 0.3) is 5.69 Å². The minimum absolute atomic E-state index is 0.294. The predicted molar refractivity (Wildman–Crippen MR) is 56.3 cm³/mol. The van der Waals surface area contributed by atoms with Crippen LogP contribution in [0.15, 0.2) is 24.3 Å². The van der Waals surface area contributed by atoms with Crippen molar-refractivity contribution < 1.29 is 0 Å². The molecule has 0 saturated carbocycles. The fraction of sp³-hybridized carbons (Fsp3) is 0. The largest absolute Gasteiger partial charge is 0.366 e. The van der Waals surface area contributed by atoms with E-state index in [4.69, 9.17) is 5.73 Å². The van der Waals surface area contributed by atoms with E-state index in [0.29, 0.717) is 5.95 Å². The highest BCUT2D eigenvalue weighted by Crippen LogP contribution is 2.12. The van der Waals surface area contributed by atoms with Crippen LogP contribution in [-0.2, 0) is 0 Å². The molecule has 0 aliphatic heterocycles. The van der Waals surface area contributed by atoms with Crippen molar-refractivity contribution in [3.8, 4) is 5.69 Å². The van der Waals surface area contributed by atoms with Gasteiger partial charge >= 0.3 is 0 Å². The second kappa shape index (κ2) is 3.29. The van der Waals surface area contributed by atoms with Gasteiger partial charge in [-0.2, -0.15) is 4.68 Å². The lowest BCUT2D eigenvalue weighted by Gasteiger charge is -2.00. The number of halogens is 1. The zero-order valence-electron chi connectivity index (χ0n) is 6.55. The van der Waals surface area contributed by atoms with Gasteiger partial charge in [0.25, 0.3) is 0 Å². The molecule has 6 heteroatoms. The molecule has 2 N–H and O–H groups in total. The second-order valence-electron chi connectivity index (χ2n) is 2.43. The second-order valence-corrected chi connectivity index (χ2v) is 3.67. The van der Waals surface area contributed by atoms with E-state index in [1.165, 1.54) is 4.68 Å². The highest BCUT2D eigenvalue weighted by molar-refractivity contribution is 14.1. The van der Waals surface area contributed by atoms with Crippen molar-refractivity contribution in [1.82, 2.24) is 20.2 Å². The number of nitrogen functional groups attached to an aromatic ring is 1. The molecule has 2 aromatic rings. The van der Waals surface area contributed by atoms with Gasteiger partial charge in [0.05, 0.1) is 5.69 Å². The van der Waals surface area contributed by atoms with Crippen LogP contribution in [0.2, 0.25) is 0 Å². The number of tetrazole rings is 1. The number of nitrogens with two attached hydrogens (primary N) is 1. The molecule has 66 valence electrons. The molecule has 0 radical (unpaired) electrons. The number of benzene rings is 1. The molecular formula is C7H6IN5. The number of rotatable bonds is 1. The molecule has 0 aliphatic rings. The summed E-state index contributed by atoms with van der Waals surface area (Å²) in [6, 6.07) is 7.77. The molecule has 0 fully saturated rings. The Balaban J connectivity index is 2.53. The first-order valence-electron chi connectivity index (χ1n) is 3.57. The van der Waals surface area contributed by atoms with Gasteiger partial charge in [0.1, 0.15) is 0 Å². The molecule has 1 aromatic heterocycles. The SMILES string of the molecule is Nc1nnnn1-c1cccc(I)c1.